The number of anilines is 1. The van der Waals surface area contributed by atoms with Crippen LogP contribution in [0.2, 0.25) is 0 Å². The average molecular weight is 280 g/mol. The summed E-state index contributed by atoms with van der Waals surface area (Å²) in [5.74, 6) is 0. The van der Waals surface area contributed by atoms with E-state index in [4.69, 9.17) is 9.47 Å². The first-order valence-corrected chi connectivity index (χ1v) is 6.73. The van der Waals surface area contributed by atoms with E-state index in [1.807, 2.05) is 30.3 Å². The molecule has 0 aromatic heterocycles. The summed E-state index contributed by atoms with van der Waals surface area (Å²) in [5, 5.41) is 0. The summed E-state index contributed by atoms with van der Waals surface area (Å²) in [6, 6.07) is 9.35. The second-order valence-electron chi connectivity index (χ2n) is 4.96. The zero-order valence-electron chi connectivity index (χ0n) is 11.1. The maximum absolute atomic E-state index is 13.7. The molecule has 5 nitrogen and oxygen atoms in total. The minimum absolute atomic E-state index is 0.0864. The van der Waals surface area contributed by atoms with Gasteiger partial charge in [-0.05, 0) is 12.1 Å². The third-order valence-electron chi connectivity index (χ3n) is 3.55. The number of carbonyl (C=O) groups excluding carboxylic acids is 1. The van der Waals surface area contributed by atoms with E-state index in [0.717, 1.165) is 5.69 Å². The molecule has 6 heteroatoms. The Bertz CT molecular complexity index is 471. The smallest absolute Gasteiger partial charge is 0.414 e. The van der Waals surface area contributed by atoms with Crippen molar-refractivity contribution in [2.75, 3.05) is 37.7 Å². The number of hydrogen-bond donors (Lipinski definition) is 0. The largest absolute Gasteiger partial charge is 0.443 e. The summed E-state index contributed by atoms with van der Waals surface area (Å²) in [7, 11) is 0. The number of amides is 1. The van der Waals surface area contributed by atoms with E-state index < -0.39 is 6.30 Å². The SMILES string of the molecule is O=C1OC(CN2CCOCC2F)CN1c1ccccc1. The number of benzene rings is 1. The fourth-order valence-corrected chi connectivity index (χ4v) is 2.51. The van der Waals surface area contributed by atoms with Crippen LogP contribution in [-0.4, -0.2) is 56.2 Å². The number of alkyl halides is 1. The third kappa shape index (κ3) is 2.76. The Morgan fingerprint density at radius 1 is 1.30 bits per heavy atom. The van der Waals surface area contributed by atoms with Gasteiger partial charge in [0.2, 0.25) is 0 Å². The van der Waals surface area contributed by atoms with Crippen molar-refractivity contribution < 1.29 is 18.7 Å². The van der Waals surface area contributed by atoms with Gasteiger partial charge in [0.1, 0.15) is 6.10 Å². The molecule has 2 aliphatic heterocycles. The average Bonchev–Trinajstić information content (AvgIpc) is 2.83. The normalized spacial score (nSPS) is 27.6. The highest BCUT2D eigenvalue weighted by Gasteiger charge is 2.35. The van der Waals surface area contributed by atoms with Gasteiger partial charge in [-0.1, -0.05) is 18.2 Å². The highest BCUT2D eigenvalue weighted by atomic mass is 19.1. The number of rotatable bonds is 3. The number of ether oxygens (including phenoxy) is 2. The van der Waals surface area contributed by atoms with Gasteiger partial charge >= 0.3 is 6.09 Å². The Morgan fingerprint density at radius 3 is 2.85 bits per heavy atom. The highest BCUT2D eigenvalue weighted by molar-refractivity contribution is 5.89. The van der Waals surface area contributed by atoms with Gasteiger partial charge in [0.25, 0.3) is 0 Å². The lowest BCUT2D eigenvalue weighted by Crippen LogP contribution is -2.47. The summed E-state index contributed by atoms with van der Waals surface area (Å²) in [6.07, 6.45) is -1.79. The second-order valence-corrected chi connectivity index (χ2v) is 4.96. The zero-order valence-corrected chi connectivity index (χ0v) is 11.1. The quantitative estimate of drug-likeness (QED) is 0.789. The van der Waals surface area contributed by atoms with Crippen molar-refractivity contribution in [3.05, 3.63) is 30.3 Å². The lowest BCUT2D eigenvalue weighted by molar-refractivity contribution is -0.0735. The van der Waals surface area contributed by atoms with Crippen molar-refractivity contribution in [3.8, 4) is 0 Å². The Labute approximate surface area is 116 Å². The topological polar surface area (TPSA) is 42.0 Å². The van der Waals surface area contributed by atoms with Crippen LogP contribution in [0, 0.1) is 0 Å². The van der Waals surface area contributed by atoms with E-state index >= 15 is 0 Å². The van der Waals surface area contributed by atoms with Gasteiger partial charge in [0, 0.05) is 18.8 Å². The third-order valence-corrected chi connectivity index (χ3v) is 3.55. The van der Waals surface area contributed by atoms with Crippen molar-refractivity contribution in [2.45, 2.75) is 12.4 Å². The van der Waals surface area contributed by atoms with Gasteiger partial charge in [0.05, 0.1) is 19.8 Å². The van der Waals surface area contributed by atoms with Crippen LogP contribution in [0.5, 0.6) is 0 Å². The van der Waals surface area contributed by atoms with Crippen LogP contribution in [0.4, 0.5) is 14.9 Å². The number of cyclic esters (lactones) is 1. The standard InChI is InChI=1S/C14H17FN2O3/c15-13-10-19-7-6-16(13)8-12-9-17(14(18)20-12)11-4-2-1-3-5-11/h1-5,12-13H,6-10H2. The van der Waals surface area contributed by atoms with Gasteiger partial charge in [-0.15, -0.1) is 0 Å². The van der Waals surface area contributed by atoms with E-state index in [1.54, 1.807) is 9.80 Å². The molecule has 2 heterocycles. The molecule has 0 saturated carbocycles. The van der Waals surface area contributed by atoms with Gasteiger partial charge in [-0.25, -0.2) is 9.18 Å². The molecule has 0 N–H and O–H groups in total. The van der Waals surface area contributed by atoms with Gasteiger partial charge in [-0.2, -0.15) is 0 Å². The molecule has 1 amide bonds. The molecule has 0 bridgehead atoms. The number of nitrogens with zero attached hydrogens (tertiary/aromatic N) is 2. The molecule has 1 aromatic carbocycles. The molecule has 0 spiro atoms. The van der Waals surface area contributed by atoms with E-state index in [2.05, 4.69) is 0 Å². The van der Waals surface area contributed by atoms with E-state index in [9.17, 15) is 9.18 Å². The lowest BCUT2D eigenvalue weighted by Gasteiger charge is -2.31. The molecule has 1 aromatic rings. The van der Waals surface area contributed by atoms with Crippen molar-refractivity contribution >= 4 is 11.8 Å². The molecule has 2 aliphatic rings. The molecule has 2 unspecified atom stereocenters. The second kappa shape index (κ2) is 5.76. The van der Waals surface area contributed by atoms with Crippen LogP contribution in [0.25, 0.3) is 0 Å². The molecule has 108 valence electrons. The highest BCUT2D eigenvalue weighted by Crippen LogP contribution is 2.22. The summed E-state index contributed by atoms with van der Waals surface area (Å²) >= 11 is 0. The Balaban J connectivity index is 1.62. The van der Waals surface area contributed by atoms with Crippen LogP contribution in [0.1, 0.15) is 0 Å². The number of morpholine rings is 1. The predicted molar refractivity (Wildman–Crippen MR) is 71.3 cm³/mol. The molecule has 2 fully saturated rings. The maximum atomic E-state index is 13.7. The first kappa shape index (κ1) is 13.3. The van der Waals surface area contributed by atoms with Gasteiger partial charge < -0.3 is 9.47 Å². The number of hydrogen-bond acceptors (Lipinski definition) is 4. The van der Waals surface area contributed by atoms with Crippen LogP contribution in [0.15, 0.2) is 30.3 Å². The first-order valence-electron chi connectivity index (χ1n) is 6.73. The minimum atomic E-state index is -1.12. The van der Waals surface area contributed by atoms with Crippen LogP contribution >= 0.6 is 0 Å². The van der Waals surface area contributed by atoms with Crippen molar-refractivity contribution in [1.29, 1.82) is 0 Å². The minimum Gasteiger partial charge on any atom is -0.443 e. The van der Waals surface area contributed by atoms with Crippen molar-refractivity contribution in [1.82, 2.24) is 4.90 Å². The van der Waals surface area contributed by atoms with Gasteiger partial charge in [-0.3, -0.25) is 9.80 Å². The monoisotopic (exact) mass is 280 g/mol. The van der Waals surface area contributed by atoms with Crippen LogP contribution < -0.4 is 4.90 Å². The molecule has 2 saturated heterocycles. The Morgan fingerprint density at radius 2 is 2.10 bits per heavy atom. The summed E-state index contributed by atoms with van der Waals surface area (Å²) in [4.78, 5) is 15.1. The Kier molecular flexibility index (Phi) is 3.84. The molecule has 0 aliphatic carbocycles. The molecule has 2 atom stereocenters. The molecule has 20 heavy (non-hydrogen) atoms. The fourth-order valence-electron chi connectivity index (χ4n) is 2.51. The number of halogens is 1. The van der Waals surface area contributed by atoms with Gasteiger partial charge in [0.15, 0.2) is 6.30 Å². The Hall–Kier alpha value is -1.66. The van der Waals surface area contributed by atoms with E-state index in [1.165, 1.54) is 0 Å². The van der Waals surface area contributed by atoms with Crippen LogP contribution in [0.3, 0.4) is 0 Å². The van der Waals surface area contributed by atoms with E-state index in [-0.39, 0.29) is 18.8 Å². The molecular weight excluding hydrogens is 263 g/mol. The summed E-state index contributed by atoms with van der Waals surface area (Å²) in [6.45, 7) is 1.99. The molecule has 3 rings (SSSR count). The fraction of sp³-hybridized carbons (Fsp3) is 0.500. The molecule has 0 radical (unpaired) electrons. The number of para-hydroxylation sites is 1. The molecular formula is C14H17FN2O3. The van der Waals surface area contributed by atoms with E-state index in [0.29, 0.717) is 26.2 Å². The zero-order chi connectivity index (χ0) is 13.9. The predicted octanol–water partition coefficient (Wildman–Crippen LogP) is 1.64. The number of carbonyl (C=O) groups is 1. The van der Waals surface area contributed by atoms with Crippen LogP contribution in [-0.2, 0) is 9.47 Å². The van der Waals surface area contributed by atoms with Crippen molar-refractivity contribution in [3.63, 3.8) is 0 Å². The first-order chi connectivity index (χ1) is 9.74. The summed E-state index contributed by atoms with van der Waals surface area (Å²) < 4.78 is 24.0. The summed E-state index contributed by atoms with van der Waals surface area (Å²) in [5.41, 5.74) is 0.804. The maximum Gasteiger partial charge on any atom is 0.414 e. The lowest BCUT2D eigenvalue weighted by atomic mass is 10.2. The van der Waals surface area contributed by atoms with Crippen molar-refractivity contribution in [2.24, 2.45) is 0 Å².